The highest BCUT2D eigenvalue weighted by Gasteiger charge is 2.06. The first-order valence-corrected chi connectivity index (χ1v) is 6.13. The monoisotopic (exact) mass is 234 g/mol. The highest BCUT2D eigenvalue weighted by Crippen LogP contribution is 2.21. The van der Waals surface area contributed by atoms with Gasteiger partial charge in [0.25, 0.3) is 0 Å². The molecule has 2 aromatic carbocycles. The van der Waals surface area contributed by atoms with Crippen LogP contribution in [0.2, 0.25) is 0 Å². The van der Waals surface area contributed by atoms with Crippen molar-refractivity contribution >= 4 is 20.9 Å². The summed E-state index contributed by atoms with van der Waals surface area (Å²) in [6, 6.07) is 12.7. The number of fused-ring (bicyclic) bond motifs is 1. The summed E-state index contributed by atoms with van der Waals surface area (Å²) in [6.45, 7) is 3.18. The van der Waals surface area contributed by atoms with E-state index in [1.807, 2.05) is 30.3 Å². The molecule has 0 aromatic heterocycles. The van der Waals surface area contributed by atoms with E-state index in [1.165, 1.54) is 0 Å². The third-order valence-corrected chi connectivity index (χ3v) is 2.97. The Morgan fingerprint density at radius 1 is 1.06 bits per heavy atom. The molecule has 0 aliphatic heterocycles. The van der Waals surface area contributed by atoms with Gasteiger partial charge in [-0.1, -0.05) is 36.9 Å². The van der Waals surface area contributed by atoms with Crippen molar-refractivity contribution in [3.05, 3.63) is 54.5 Å². The van der Waals surface area contributed by atoms with Gasteiger partial charge in [-0.3, -0.25) is 0 Å². The van der Waals surface area contributed by atoms with E-state index in [2.05, 4.69) is 6.58 Å². The minimum Gasteiger partial charge on any atom is -0.379 e. The van der Waals surface area contributed by atoms with Crippen LogP contribution in [0.3, 0.4) is 0 Å². The van der Waals surface area contributed by atoms with Gasteiger partial charge >= 0.3 is 10.1 Å². The summed E-state index contributed by atoms with van der Waals surface area (Å²) in [6.07, 6.45) is 0. The van der Waals surface area contributed by atoms with Crippen LogP contribution in [-0.2, 0) is 10.1 Å². The van der Waals surface area contributed by atoms with E-state index in [-0.39, 0.29) is 0 Å². The fourth-order valence-electron chi connectivity index (χ4n) is 1.39. The summed E-state index contributed by atoms with van der Waals surface area (Å²) in [4.78, 5) is 0. The highest BCUT2D eigenvalue weighted by molar-refractivity contribution is 7.90. The molecule has 0 N–H and O–H groups in total. The van der Waals surface area contributed by atoms with Gasteiger partial charge in [-0.05, 0) is 22.9 Å². The SMILES string of the molecule is C=CS(=O)(=O)Oc1ccc2ccccc2c1. The molecule has 2 aromatic rings. The lowest BCUT2D eigenvalue weighted by Crippen LogP contribution is -2.04. The van der Waals surface area contributed by atoms with Gasteiger partial charge in [0.1, 0.15) is 5.75 Å². The van der Waals surface area contributed by atoms with Gasteiger partial charge < -0.3 is 4.18 Å². The Balaban J connectivity index is 2.44. The Bertz CT molecular complexity index is 630. The Kier molecular flexibility index (Phi) is 2.66. The van der Waals surface area contributed by atoms with Gasteiger partial charge in [0.05, 0.1) is 5.41 Å². The molecule has 0 saturated carbocycles. The van der Waals surface area contributed by atoms with Crippen LogP contribution in [0.4, 0.5) is 0 Å². The van der Waals surface area contributed by atoms with Crippen molar-refractivity contribution in [3.63, 3.8) is 0 Å². The molecule has 0 atom stereocenters. The predicted molar refractivity (Wildman–Crippen MR) is 63.7 cm³/mol. The van der Waals surface area contributed by atoms with Crippen LogP contribution in [0.1, 0.15) is 0 Å². The van der Waals surface area contributed by atoms with Gasteiger partial charge in [0, 0.05) is 0 Å². The summed E-state index contributed by atoms with van der Waals surface area (Å²) in [5.74, 6) is 0.290. The fraction of sp³-hybridized carbons (Fsp3) is 0. The molecule has 0 unspecified atom stereocenters. The number of rotatable bonds is 3. The van der Waals surface area contributed by atoms with Crippen molar-refractivity contribution in [2.75, 3.05) is 0 Å². The van der Waals surface area contributed by atoms with Crippen LogP contribution in [0.5, 0.6) is 5.75 Å². The summed E-state index contributed by atoms with van der Waals surface area (Å²) in [5, 5.41) is 2.74. The van der Waals surface area contributed by atoms with E-state index in [1.54, 1.807) is 12.1 Å². The summed E-state index contributed by atoms with van der Waals surface area (Å²) in [7, 11) is -3.68. The zero-order valence-electron chi connectivity index (χ0n) is 8.46. The molecule has 0 amide bonds. The van der Waals surface area contributed by atoms with Crippen LogP contribution in [0.15, 0.2) is 54.5 Å². The predicted octanol–water partition coefficient (Wildman–Crippen LogP) is 2.69. The van der Waals surface area contributed by atoms with Crippen molar-refractivity contribution in [2.45, 2.75) is 0 Å². The van der Waals surface area contributed by atoms with Gasteiger partial charge in [-0.2, -0.15) is 8.42 Å². The van der Waals surface area contributed by atoms with E-state index < -0.39 is 10.1 Å². The summed E-state index contributed by atoms with van der Waals surface area (Å²) in [5.41, 5.74) is 0. The normalized spacial score (nSPS) is 11.2. The van der Waals surface area contributed by atoms with Crippen molar-refractivity contribution < 1.29 is 12.6 Å². The highest BCUT2D eigenvalue weighted by atomic mass is 32.2. The first kappa shape index (κ1) is 10.7. The van der Waals surface area contributed by atoms with Gasteiger partial charge in [0.2, 0.25) is 0 Å². The second-order valence-electron chi connectivity index (χ2n) is 3.25. The molecular weight excluding hydrogens is 224 g/mol. The van der Waals surface area contributed by atoms with Crippen molar-refractivity contribution in [1.82, 2.24) is 0 Å². The fourth-order valence-corrected chi connectivity index (χ4v) is 1.83. The Hall–Kier alpha value is -1.81. The standard InChI is InChI=1S/C12H10O3S/c1-2-16(13,14)15-12-8-7-10-5-3-4-6-11(10)9-12/h2-9H,1H2. The lowest BCUT2D eigenvalue weighted by Gasteiger charge is -2.04. The second kappa shape index (κ2) is 3.98. The Morgan fingerprint density at radius 3 is 2.44 bits per heavy atom. The molecule has 0 bridgehead atoms. The van der Waals surface area contributed by atoms with Crippen LogP contribution in [0.25, 0.3) is 10.8 Å². The largest absolute Gasteiger partial charge is 0.379 e. The average Bonchev–Trinajstić information content (AvgIpc) is 2.28. The van der Waals surface area contributed by atoms with Crippen molar-refractivity contribution in [1.29, 1.82) is 0 Å². The molecule has 2 rings (SSSR count). The number of benzene rings is 2. The van der Waals surface area contributed by atoms with Crippen LogP contribution < -0.4 is 4.18 Å². The number of hydrogen-bond donors (Lipinski definition) is 0. The molecule has 0 radical (unpaired) electrons. The van der Waals surface area contributed by atoms with E-state index >= 15 is 0 Å². The van der Waals surface area contributed by atoms with E-state index in [9.17, 15) is 8.42 Å². The van der Waals surface area contributed by atoms with Crippen molar-refractivity contribution in [3.8, 4) is 5.75 Å². The van der Waals surface area contributed by atoms with Gasteiger partial charge in [-0.15, -0.1) is 0 Å². The molecule has 0 saturated heterocycles. The van der Waals surface area contributed by atoms with Crippen LogP contribution in [0, 0.1) is 0 Å². The quantitative estimate of drug-likeness (QED) is 0.767. The molecule has 0 spiro atoms. The minimum absolute atomic E-state index is 0.290. The van der Waals surface area contributed by atoms with E-state index in [0.29, 0.717) is 5.75 Å². The maximum Gasteiger partial charge on any atom is 0.331 e. The molecule has 4 heteroatoms. The molecule has 0 heterocycles. The van der Waals surface area contributed by atoms with E-state index in [4.69, 9.17) is 4.18 Å². The maximum absolute atomic E-state index is 11.2. The average molecular weight is 234 g/mol. The molecule has 0 fully saturated rings. The molecule has 0 aliphatic carbocycles. The van der Waals surface area contributed by atoms with Crippen LogP contribution in [-0.4, -0.2) is 8.42 Å². The lowest BCUT2D eigenvalue weighted by atomic mass is 10.1. The minimum atomic E-state index is -3.68. The number of hydrogen-bond acceptors (Lipinski definition) is 3. The zero-order chi connectivity index (χ0) is 11.6. The molecule has 82 valence electrons. The zero-order valence-corrected chi connectivity index (χ0v) is 9.28. The smallest absolute Gasteiger partial charge is 0.331 e. The Labute approximate surface area is 94.1 Å². The van der Waals surface area contributed by atoms with Gasteiger partial charge in [-0.25, -0.2) is 0 Å². The van der Waals surface area contributed by atoms with E-state index in [0.717, 1.165) is 16.2 Å². The topological polar surface area (TPSA) is 43.4 Å². The van der Waals surface area contributed by atoms with Gasteiger partial charge in [0.15, 0.2) is 0 Å². The van der Waals surface area contributed by atoms with Crippen molar-refractivity contribution in [2.24, 2.45) is 0 Å². The third-order valence-electron chi connectivity index (χ3n) is 2.14. The molecular formula is C12H10O3S. The molecule has 0 aliphatic rings. The first-order chi connectivity index (χ1) is 7.61. The lowest BCUT2D eigenvalue weighted by molar-refractivity contribution is 0.497. The van der Waals surface area contributed by atoms with Crippen LogP contribution >= 0.6 is 0 Å². The Morgan fingerprint density at radius 2 is 1.75 bits per heavy atom. The third kappa shape index (κ3) is 2.23. The maximum atomic E-state index is 11.2. The summed E-state index contributed by atoms with van der Waals surface area (Å²) < 4.78 is 27.1. The molecule has 3 nitrogen and oxygen atoms in total. The second-order valence-corrected chi connectivity index (χ2v) is 4.74. The first-order valence-electron chi connectivity index (χ1n) is 4.66. The summed E-state index contributed by atoms with van der Waals surface area (Å²) >= 11 is 0. The molecule has 16 heavy (non-hydrogen) atoms.